The average Bonchev–Trinajstić information content (AvgIpc) is 3.31. The molecular formula is C24H30N4O3. The molecule has 0 unspecified atom stereocenters. The fourth-order valence-corrected chi connectivity index (χ4v) is 3.85. The summed E-state index contributed by atoms with van der Waals surface area (Å²) in [7, 11) is 3.36. The van der Waals surface area contributed by atoms with Crippen LogP contribution >= 0.6 is 0 Å². The SMILES string of the molecule is COc1ccc(N2CCN(CCNCc3cc(-c4ccccc4OC)no3)CC2)cc1. The van der Waals surface area contributed by atoms with E-state index in [4.69, 9.17) is 14.0 Å². The van der Waals surface area contributed by atoms with Crippen LogP contribution in [0.25, 0.3) is 11.3 Å². The molecule has 7 heteroatoms. The fourth-order valence-electron chi connectivity index (χ4n) is 3.85. The summed E-state index contributed by atoms with van der Waals surface area (Å²) >= 11 is 0. The first-order valence-corrected chi connectivity index (χ1v) is 10.7. The van der Waals surface area contributed by atoms with Gasteiger partial charge in [0.05, 0.1) is 20.8 Å². The van der Waals surface area contributed by atoms with Gasteiger partial charge in [-0.1, -0.05) is 17.3 Å². The topological polar surface area (TPSA) is 63.0 Å². The molecule has 1 saturated heterocycles. The van der Waals surface area contributed by atoms with Crippen molar-refractivity contribution in [3.8, 4) is 22.8 Å². The number of aromatic nitrogens is 1. The number of para-hydroxylation sites is 1. The summed E-state index contributed by atoms with van der Waals surface area (Å²) in [6.07, 6.45) is 0. The summed E-state index contributed by atoms with van der Waals surface area (Å²) in [5.41, 5.74) is 2.99. The molecule has 0 atom stereocenters. The lowest BCUT2D eigenvalue weighted by molar-refractivity contribution is 0.255. The zero-order valence-electron chi connectivity index (χ0n) is 18.2. The van der Waals surface area contributed by atoms with E-state index >= 15 is 0 Å². The number of anilines is 1. The number of nitrogens with one attached hydrogen (secondary N) is 1. The van der Waals surface area contributed by atoms with Crippen molar-refractivity contribution in [1.82, 2.24) is 15.4 Å². The molecule has 1 fully saturated rings. The summed E-state index contributed by atoms with van der Waals surface area (Å²) in [5.74, 6) is 2.52. The molecular weight excluding hydrogens is 392 g/mol. The van der Waals surface area contributed by atoms with E-state index in [2.05, 4.69) is 32.4 Å². The van der Waals surface area contributed by atoms with Gasteiger partial charge < -0.3 is 24.2 Å². The zero-order chi connectivity index (χ0) is 21.5. The minimum Gasteiger partial charge on any atom is -0.497 e. The number of piperazine rings is 1. The Kier molecular flexibility index (Phi) is 7.07. The second-order valence-electron chi connectivity index (χ2n) is 7.58. The molecule has 0 bridgehead atoms. The van der Waals surface area contributed by atoms with Crippen LogP contribution in [0.15, 0.2) is 59.1 Å². The van der Waals surface area contributed by atoms with Crippen molar-refractivity contribution >= 4 is 5.69 Å². The molecule has 0 amide bonds. The lowest BCUT2D eigenvalue weighted by Crippen LogP contribution is -2.48. The Morgan fingerprint density at radius 3 is 2.48 bits per heavy atom. The number of methoxy groups -OCH3 is 2. The molecule has 0 saturated carbocycles. The van der Waals surface area contributed by atoms with Gasteiger partial charge in [0.25, 0.3) is 0 Å². The molecule has 31 heavy (non-hydrogen) atoms. The van der Waals surface area contributed by atoms with Crippen LogP contribution in [-0.2, 0) is 6.54 Å². The third-order valence-corrected chi connectivity index (χ3v) is 5.66. The van der Waals surface area contributed by atoms with Crippen LogP contribution in [0.2, 0.25) is 0 Å². The highest BCUT2D eigenvalue weighted by atomic mass is 16.5. The van der Waals surface area contributed by atoms with E-state index in [9.17, 15) is 0 Å². The van der Waals surface area contributed by atoms with Crippen LogP contribution in [-0.4, -0.2) is 63.5 Å². The predicted molar refractivity (Wildman–Crippen MR) is 122 cm³/mol. The van der Waals surface area contributed by atoms with Gasteiger partial charge in [-0.2, -0.15) is 0 Å². The van der Waals surface area contributed by atoms with Crippen LogP contribution in [0.5, 0.6) is 11.5 Å². The van der Waals surface area contributed by atoms with Gasteiger partial charge in [0.15, 0.2) is 5.76 Å². The summed E-state index contributed by atoms with van der Waals surface area (Å²) in [4.78, 5) is 4.92. The second-order valence-corrected chi connectivity index (χ2v) is 7.58. The molecule has 3 aromatic rings. The van der Waals surface area contributed by atoms with Crippen molar-refractivity contribution in [1.29, 1.82) is 0 Å². The maximum Gasteiger partial charge on any atom is 0.151 e. The van der Waals surface area contributed by atoms with Crippen molar-refractivity contribution in [3.05, 3.63) is 60.4 Å². The summed E-state index contributed by atoms with van der Waals surface area (Å²) < 4.78 is 16.1. The van der Waals surface area contributed by atoms with Crippen LogP contribution < -0.4 is 19.7 Å². The smallest absolute Gasteiger partial charge is 0.151 e. The van der Waals surface area contributed by atoms with Crippen LogP contribution in [0.3, 0.4) is 0 Å². The number of hydrogen-bond acceptors (Lipinski definition) is 7. The number of ether oxygens (including phenoxy) is 2. The first-order valence-electron chi connectivity index (χ1n) is 10.7. The molecule has 1 aliphatic heterocycles. The minimum atomic E-state index is 0.661. The van der Waals surface area contributed by atoms with Crippen molar-refractivity contribution in [2.45, 2.75) is 6.54 Å². The molecule has 2 heterocycles. The van der Waals surface area contributed by atoms with E-state index in [1.807, 2.05) is 42.5 Å². The molecule has 4 rings (SSSR count). The van der Waals surface area contributed by atoms with Crippen molar-refractivity contribution in [3.63, 3.8) is 0 Å². The highest BCUT2D eigenvalue weighted by Gasteiger charge is 2.17. The van der Waals surface area contributed by atoms with Gasteiger partial charge in [-0.05, 0) is 36.4 Å². The van der Waals surface area contributed by atoms with Crippen molar-refractivity contribution in [2.24, 2.45) is 0 Å². The second kappa shape index (κ2) is 10.3. The Balaban J connectivity index is 1.18. The molecule has 2 aromatic carbocycles. The van der Waals surface area contributed by atoms with Crippen molar-refractivity contribution < 1.29 is 14.0 Å². The van der Waals surface area contributed by atoms with Gasteiger partial charge in [-0.3, -0.25) is 4.90 Å². The van der Waals surface area contributed by atoms with E-state index in [1.165, 1.54) is 5.69 Å². The average molecular weight is 423 g/mol. The van der Waals surface area contributed by atoms with E-state index < -0.39 is 0 Å². The van der Waals surface area contributed by atoms with E-state index in [0.29, 0.717) is 6.54 Å². The monoisotopic (exact) mass is 422 g/mol. The maximum absolute atomic E-state index is 5.49. The minimum absolute atomic E-state index is 0.661. The lowest BCUT2D eigenvalue weighted by atomic mass is 10.1. The van der Waals surface area contributed by atoms with E-state index in [0.717, 1.165) is 67.8 Å². The van der Waals surface area contributed by atoms with Crippen LogP contribution in [0, 0.1) is 0 Å². The highest BCUT2D eigenvalue weighted by Crippen LogP contribution is 2.29. The normalized spacial score (nSPS) is 14.6. The first kappa shape index (κ1) is 21.2. The predicted octanol–water partition coefficient (Wildman–Crippen LogP) is 3.27. The molecule has 1 aliphatic rings. The Morgan fingerprint density at radius 1 is 0.968 bits per heavy atom. The van der Waals surface area contributed by atoms with Gasteiger partial charge in [0, 0.05) is 56.6 Å². The molecule has 0 aliphatic carbocycles. The third-order valence-electron chi connectivity index (χ3n) is 5.66. The van der Waals surface area contributed by atoms with Gasteiger partial charge in [-0.15, -0.1) is 0 Å². The Labute approximate surface area is 183 Å². The molecule has 1 N–H and O–H groups in total. The molecule has 1 aromatic heterocycles. The first-order chi connectivity index (χ1) is 15.3. The van der Waals surface area contributed by atoms with Crippen molar-refractivity contribution in [2.75, 3.05) is 58.4 Å². The molecule has 0 radical (unpaired) electrons. The summed E-state index contributed by atoms with van der Waals surface area (Å²) in [5, 5.41) is 7.66. The largest absolute Gasteiger partial charge is 0.497 e. The molecule has 0 spiro atoms. The van der Waals surface area contributed by atoms with Gasteiger partial charge in [0.1, 0.15) is 17.2 Å². The van der Waals surface area contributed by atoms with Crippen LogP contribution in [0.4, 0.5) is 5.69 Å². The number of benzene rings is 2. The summed E-state index contributed by atoms with van der Waals surface area (Å²) in [6, 6.07) is 18.1. The Morgan fingerprint density at radius 2 is 1.74 bits per heavy atom. The summed E-state index contributed by atoms with van der Waals surface area (Å²) in [6.45, 7) is 6.79. The lowest BCUT2D eigenvalue weighted by Gasteiger charge is -2.36. The van der Waals surface area contributed by atoms with Crippen LogP contribution in [0.1, 0.15) is 5.76 Å². The zero-order valence-corrected chi connectivity index (χ0v) is 18.2. The number of hydrogen-bond donors (Lipinski definition) is 1. The molecule has 164 valence electrons. The standard InChI is InChI=1S/C24H30N4O3/c1-29-20-9-7-19(8-10-20)28-15-13-27(14-16-28)12-11-25-18-21-17-23(26-31-21)22-5-3-4-6-24(22)30-2/h3-10,17,25H,11-16,18H2,1-2H3. The Hall–Kier alpha value is -3.03. The quantitative estimate of drug-likeness (QED) is 0.531. The molecule has 7 nitrogen and oxygen atoms in total. The van der Waals surface area contributed by atoms with Gasteiger partial charge in [-0.25, -0.2) is 0 Å². The maximum atomic E-state index is 5.49. The fraction of sp³-hybridized carbons (Fsp3) is 0.375. The number of rotatable bonds is 9. The highest BCUT2D eigenvalue weighted by molar-refractivity contribution is 5.66. The Bertz CT molecular complexity index is 949. The van der Waals surface area contributed by atoms with Gasteiger partial charge in [0.2, 0.25) is 0 Å². The number of nitrogens with zero attached hydrogens (tertiary/aromatic N) is 3. The van der Waals surface area contributed by atoms with E-state index in [1.54, 1.807) is 14.2 Å². The third kappa shape index (κ3) is 5.37. The van der Waals surface area contributed by atoms with Gasteiger partial charge >= 0.3 is 0 Å². The van der Waals surface area contributed by atoms with E-state index in [-0.39, 0.29) is 0 Å².